The van der Waals surface area contributed by atoms with Crippen molar-refractivity contribution in [2.75, 3.05) is 24.4 Å². The van der Waals surface area contributed by atoms with Crippen LogP contribution in [0, 0.1) is 11.7 Å². The van der Waals surface area contributed by atoms with Crippen LogP contribution < -0.4 is 14.8 Å². The zero-order valence-corrected chi connectivity index (χ0v) is 31.3. The molecule has 0 saturated carbocycles. The Hall–Kier alpha value is -4.78. The molecule has 1 aliphatic rings. The highest BCUT2D eigenvalue weighted by atomic mass is 35.5. The van der Waals surface area contributed by atoms with Crippen LogP contribution in [0.15, 0.2) is 88.7 Å². The molecule has 2 aromatic heterocycles. The summed E-state index contributed by atoms with van der Waals surface area (Å²) in [5.74, 6) is -3.02. The van der Waals surface area contributed by atoms with Gasteiger partial charge >= 0.3 is 18.3 Å². The minimum Gasteiger partial charge on any atom is -0.455 e. The lowest BCUT2D eigenvalue weighted by Gasteiger charge is -2.32. The average molecular weight is 842 g/mol. The molecule has 9 nitrogen and oxygen atoms in total. The number of nitrogens with zero attached hydrogens (tertiary/aromatic N) is 3. The van der Waals surface area contributed by atoms with Crippen LogP contribution in [0.2, 0.25) is 5.02 Å². The Morgan fingerprint density at radius 3 is 2.38 bits per heavy atom. The highest BCUT2D eigenvalue weighted by molar-refractivity contribution is 7.92. The number of ether oxygens (including phenoxy) is 1. The van der Waals surface area contributed by atoms with Crippen molar-refractivity contribution in [1.82, 2.24) is 20.2 Å². The van der Waals surface area contributed by atoms with Crippen LogP contribution in [0.4, 0.5) is 36.6 Å². The van der Waals surface area contributed by atoms with Gasteiger partial charge in [-0.25, -0.2) is 17.8 Å². The monoisotopic (exact) mass is 841 g/mol. The summed E-state index contributed by atoms with van der Waals surface area (Å²) < 4.78 is 129. The van der Waals surface area contributed by atoms with Crippen molar-refractivity contribution in [3.05, 3.63) is 106 Å². The number of amides is 1. The SMILES string of the molecule is O=C(N1CCC(CCNCc2cc(-c3cc(-c4cccc(C(F)(F)F)c4)ccc3Oc3cc(F)c(S(=O)(=O)Nc4cscn4)cc3Cl)ccn2)CC1)C(F)(F)F. The van der Waals surface area contributed by atoms with Crippen molar-refractivity contribution < 1.29 is 48.7 Å². The largest absolute Gasteiger partial charge is 0.471 e. The molecule has 0 bridgehead atoms. The third-order valence-electron chi connectivity index (χ3n) is 8.98. The molecule has 0 radical (unpaired) electrons. The molecule has 3 heterocycles. The van der Waals surface area contributed by atoms with E-state index >= 15 is 4.39 Å². The number of hydrogen-bond acceptors (Lipinski definition) is 8. The fourth-order valence-corrected chi connectivity index (χ4v) is 8.05. The summed E-state index contributed by atoms with van der Waals surface area (Å²) in [6.07, 6.45) is -6.43. The summed E-state index contributed by atoms with van der Waals surface area (Å²) in [5.41, 5.74) is 2.63. The average Bonchev–Trinajstić information content (AvgIpc) is 3.66. The van der Waals surface area contributed by atoms with Gasteiger partial charge in [0.15, 0.2) is 5.82 Å². The van der Waals surface area contributed by atoms with Gasteiger partial charge in [0.1, 0.15) is 22.2 Å². The number of rotatable bonds is 12. The number of carbonyl (C=O) groups excluding carboxylic acids is 1. The van der Waals surface area contributed by atoms with Crippen molar-refractivity contribution in [3.8, 4) is 33.8 Å². The second-order valence-corrected chi connectivity index (χ2v) is 15.6. The van der Waals surface area contributed by atoms with E-state index in [4.69, 9.17) is 16.3 Å². The minimum atomic E-state index is -4.90. The van der Waals surface area contributed by atoms with Gasteiger partial charge in [0, 0.05) is 42.8 Å². The first kappa shape index (κ1) is 40.9. The molecular weight excluding hydrogens is 811 g/mol. The smallest absolute Gasteiger partial charge is 0.455 e. The Morgan fingerprint density at radius 2 is 1.68 bits per heavy atom. The molecule has 19 heteroatoms. The van der Waals surface area contributed by atoms with Gasteiger partial charge in [0.05, 0.1) is 21.8 Å². The molecule has 1 saturated heterocycles. The van der Waals surface area contributed by atoms with Crippen molar-refractivity contribution in [1.29, 1.82) is 0 Å². The highest BCUT2D eigenvalue weighted by Gasteiger charge is 2.43. The first-order valence-corrected chi connectivity index (χ1v) is 19.7. The van der Waals surface area contributed by atoms with Gasteiger partial charge in [-0.1, -0.05) is 29.8 Å². The van der Waals surface area contributed by atoms with Crippen molar-refractivity contribution in [3.63, 3.8) is 0 Å². The molecule has 0 unspecified atom stereocenters. The minimum absolute atomic E-state index is 0.00870. The molecule has 6 rings (SSSR count). The van der Waals surface area contributed by atoms with E-state index in [1.54, 1.807) is 18.2 Å². The second-order valence-electron chi connectivity index (χ2n) is 12.8. The van der Waals surface area contributed by atoms with Crippen LogP contribution in [-0.4, -0.2) is 55.0 Å². The molecule has 1 aliphatic heterocycles. The lowest BCUT2D eigenvalue weighted by Crippen LogP contribution is -2.45. The number of thiazole rings is 1. The molecule has 0 aliphatic carbocycles. The number of anilines is 1. The lowest BCUT2D eigenvalue weighted by molar-refractivity contribution is -0.186. The number of sulfonamides is 1. The number of likely N-dealkylation sites (tertiary alicyclic amines) is 1. The van der Waals surface area contributed by atoms with Gasteiger partial charge < -0.3 is 15.0 Å². The van der Waals surface area contributed by atoms with E-state index in [9.17, 15) is 39.6 Å². The number of aromatic nitrogens is 2. The highest BCUT2D eigenvalue weighted by Crippen LogP contribution is 2.41. The normalized spacial score (nSPS) is 14.2. The standard InChI is InChI=1S/C37H31ClF7N5O4S2/c38-29-17-33(56(52,53)49-34-20-55-21-48-34)30(39)18-32(29)54-31-5-4-24(23-2-1-3-26(14-23)36(40,41)42)16-28(31)25-7-11-47-27(15-25)19-46-10-6-22-8-12-50(13-9-22)35(51)37(43,44)45/h1-5,7,11,14-18,20-22,46,49H,6,8-10,12-13,19H2. The Morgan fingerprint density at radius 1 is 0.929 bits per heavy atom. The zero-order chi connectivity index (χ0) is 40.3. The Kier molecular flexibility index (Phi) is 12.2. The summed E-state index contributed by atoms with van der Waals surface area (Å²) in [4.78, 5) is 19.8. The summed E-state index contributed by atoms with van der Waals surface area (Å²) in [7, 11) is -4.42. The molecule has 3 aromatic carbocycles. The molecule has 0 atom stereocenters. The van der Waals surface area contributed by atoms with Gasteiger partial charge in [-0.15, -0.1) is 11.3 Å². The summed E-state index contributed by atoms with van der Waals surface area (Å²) >= 11 is 7.56. The maximum absolute atomic E-state index is 15.4. The molecule has 56 heavy (non-hydrogen) atoms. The van der Waals surface area contributed by atoms with Crippen LogP contribution in [-0.2, 0) is 27.5 Å². The second kappa shape index (κ2) is 16.8. The maximum atomic E-state index is 15.4. The zero-order valence-electron chi connectivity index (χ0n) is 28.9. The van der Waals surface area contributed by atoms with Crippen LogP contribution >= 0.6 is 22.9 Å². The fourth-order valence-electron chi connectivity index (χ4n) is 6.14. The van der Waals surface area contributed by atoms with Gasteiger partial charge in [-0.3, -0.25) is 14.5 Å². The number of hydrogen-bond donors (Lipinski definition) is 2. The lowest BCUT2D eigenvalue weighted by atomic mass is 9.93. The first-order chi connectivity index (χ1) is 26.5. The van der Waals surface area contributed by atoms with Gasteiger partial charge in [0.25, 0.3) is 10.0 Å². The molecule has 1 fully saturated rings. The first-order valence-electron chi connectivity index (χ1n) is 16.9. The number of piperidine rings is 1. The van der Waals surface area contributed by atoms with E-state index in [0.29, 0.717) is 48.2 Å². The molecular formula is C37H31ClF7N5O4S2. The molecule has 1 amide bonds. The Bertz CT molecular complexity index is 2300. The maximum Gasteiger partial charge on any atom is 0.471 e. The number of nitrogens with one attached hydrogen (secondary N) is 2. The predicted molar refractivity (Wildman–Crippen MR) is 196 cm³/mol. The molecule has 0 spiro atoms. The molecule has 5 aromatic rings. The van der Waals surface area contributed by atoms with E-state index in [2.05, 4.69) is 20.0 Å². The van der Waals surface area contributed by atoms with E-state index in [-0.39, 0.29) is 53.5 Å². The van der Waals surface area contributed by atoms with E-state index in [1.165, 1.54) is 41.4 Å². The molecule has 296 valence electrons. The fraction of sp³-hybridized carbons (Fsp3) is 0.270. The van der Waals surface area contributed by atoms with Crippen LogP contribution in [0.25, 0.3) is 22.3 Å². The van der Waals surface area contributed by atoms with Gasteiger partial charge in [0.2, 0.25) is 0 Å². The van der Waals surface area contributed by atoms with Crippen LogP contribution in [0.5, 0.6) is 11.5 Å². The van der Waals surface area contributed by atoms with E-state index < -0.39 is 44.6 Å². The van der Waals surface area contributed by atoms with Gasteiger partial charge in [-0.05, 0) is 90.9 Å². The third-order valence-corrected chi connectivity index (χ3v) is 11.2. The number of pyridine rings is 1. The molecule has 2 N–H and O–H groups in total. The van der Waals surface area contributed by atoms with Crippen LogP contribution in [0.3, 0.4) is 0 Å². The van der Waals surface area contributed by atoms with Crippen molar-refractivity contribution in [2.24, 2.45) is 5.92 Å². The van der Waals surface area contributed by atoms with Crippen molar-refractivity contribution >= 4 is 44.7 Å². The summed E-state index contributed by atoms with van der Waals surface area (Å²) in [6, 6.07) is 14.4. The Labute approximate surface area is 325 Å². The quantitative estimate of drug-likeness (QED) is 0.0951. The van der Waals surface area contributed by atoms with Gasteiger partial charge in [-0.2, -0.15) is 26.3 Å². The topological polar surface area (TPSA) is 114 Å². The van der Waals surface area contributed by atoms with E-state index in [1.807, 2.05) is 0 Å². The number of alkyl halides is 6. The number of carbonyl (C=O) groups is 1. The van der Waals surface area contributed by atoms with Crippen molar-refractivity contribution in [2.45, 2.75) is 43.1 Å². The Balaban J connectivity index is 1.23. The third kappa shape index (κ3) is 9.96. The predicted octanol–water partition coefficient (Wildman–Crippen LogP) is 9.56. The summed E-state index contributed by atoms with van der Waals surface area (Å²) in [6.45, 7) is 0.854. The number of benzene rings is 3. The van der Waals surface area contributed by atoms with E-state index in [0.717, 1.165) is 40.5 Å². The van der Waals surface area contributed by atoms with Crippen LogP contribution in [0.1, 0.15) is 30.5 Å². The summed E-state index contributed by atoms with van der Waals surface area (Å²) in [5, 5.41) is 4.43. The number of halogens is 8.